The monoisotopic (exact) mass is 944 g/mol. The Bertz CT molecular complexity index is 1760. The van der Waals surface area contributed by atoms with E-state index < -0.39 is 42.4 Å². The summed E-state index contributed by atoms with van der Waals surface area (Å²) < 4.78 is 49.8. The summed E-state index contributed by atoms with van der Waals surface area (Å²) in [6, 6.07) is 17.9. The number of likely N-dealkylation sites (tertiary alicyclic amines) is 1. The maximum atomic E-state index is 14.4. The summed E-state index contributed by atoms with van der Waals surface area (Å²) in [4.78, 5) is 67.9. The zero-order valence-electron chi connectivity index (χ0n) is 41.0. The number of likely N-dealkylation sites (N-methyl/N-ethyl adjacent to an activating group) is 2. The minimum absolute atomic E-state index is 0. The van der Waals surface area contributed by atoms with Gasteiger partial charge >= 0.3 is 35.7 Å². The molecule has 3 N–H and O–H groups in total. The van der Waals surface area contributed by atoms with Gasteiger partial charge < -0.3 is 39.6 Å². The third-order valence-corrected chi connectivity index (χ3v) is 12.1. The van der Waals surface area contributed by atoms with Crippen molar-refractivity contribution in [3.8, 4) is 0 Å². The minimum Gasteiger partial charge on any atom is -0.542 e. The fourth-order valence-electron chi connectivity index (χ4n) is 8.65. The van der Waals surface area contributed by atoms with Crippen molar-refractivity contribution in [1.29, 1.82) is 0 Å². The zero-order chi connectivity index (χ0) is 49.0. The van der Waals surface area contributed by atoms with Crippen LogP contribution in [-0.4, -0.2) is 129 Å². The standard InChI is InChI=1S/C46H73N5O7.C2HF3O2.Na/c1-12-32(6)42(50(9)41(31(4)5)46(55)49-45(54)40(47-8)30(2)3)38(56-10)27-39(52)51-25-19-24-37(51)43(57-11)33(7)44(53)48-36(26-34-20-15-13-16-21-34)29-58-28-35-22-17-14-18-23-35;3-2(4,5)1(6)7;/h13-18,20-23,30-33,36-38,40-43,47H,12,19,24-29H2,1-11H3,(H,48,53)(H,49,54,55);(H,6,7);/q;;+1/p-1/t32-,33+,36-,37-,38+,40-,41-,42-,43+;;/m0../s1. The average molecular weight is 944 g/mol. The van der Waals surface area contributed by atoms with Crippen molar-refractivity contribution in [3.63, 3.8) is 0 Å². The second-order valence-electron chi connectivity index (χ2n) is 17.5. The van der Waals surface area contributed by atoms with Crippen LogP contribution in [0.4, 0.5) is 13.2 Å². The number of rotatable bonds is 24. The van der Waals surface area contributed by atoms with E-state index in [2.05, 4.69) is 29.8 Å². The van der Waals surface area contributed by atoms with Gasteiger partial charge in [-0.3, -0.25) is 29.4 Å². The van der Waals surface area contributed by atoms with Crippen molar-refractivity contribution in [3.05, 3.63) is 71.8 Å². The van der Waals surface area contributed by atoms with Gasteiger partial charge in [-0.25, -0.2) is 0 Å². The van der Waals surface area contributed by atoms with E-state index in [0.717, 1.165) is 24.0 Å². The molecular formula is C48H73F3N5NaO9. The molecule has 3 rings (SSSR count). The molecule has 0 unspecified atom stereocenters. The van der Waals surface area contributed by atoms with E-state index in [1.807, 2.05) is 112 Å². The van der Waals surface area contributed by atoms with Gasteiger partial charge in [-0.1, -0.05) is 116 Å². The van der Waals surface area contributed by atoms with Crippen molar-refractivity contribution in [2.75, 3.05) is 41.5 Å². The molecule has 0 aliphatic carbocycles. The summed E-state index contributed by atoms with van der Waals surface area (Å²) in [5, 5.41) is 17.7. The quantitative estimate of drug-likeness (QED) is 0.130. The van der Waals surface area contributed by atoms with Gasteiger partial charge in [0.2, 0.25) is 23.6 Å². The number of benzene rings is 2. The van der Waals surface area contributed by atoms with Crippen molar-refractivity contribution in [2.45, 2.75) is 136 Å². The molecule has 1 heterocycles. The Balaban J connectivity index is 0.00000251. The van der Waals surface area contributed by atoms with Crippen LogP contribution in [-0.2, 0) is 51.2 Å². The first-order valence-corrected chi connectivity index (χ1v) is 22.5. The summed E-state index contributed by atoms with van der Waals surface area (Å²) in [5.74, 6) is -4.63. The Labute approximate surface area is 412 Å². The number of hydrogen-bond donors (Lipinski definition) is 3. The second kappa shape index (κ2) is 30.1. The third kappa shape index (κ3) is 18.9. The van der Waals surface area contributed by atoms with Gasteiger partial charge in [0.25, 0.3) is 0 Å². The number of amides is 4. The van der Waals surface area contributed by atoms with Crippen molar-refractivity contribution >= 4 is 29.6 Å². The van der Waals surface area contributed by atoms with E-state index in [-0.39, 0.29) is 95.5 Å². The van der Waals surface area contributed by atoms with Crippen LogP contribution in [0.15, 0.2) is 60.7 Å². The SMILES string of the molecule is CC[C@H](C)[C@@H]([C@@H](CC(=O)N1CCC[C@H]1[C@H](OC)[C@@H](C)C(=O)N[C@H](COCc1ccccc1)Cc1ccccc1)OC)N(C)[C@H](C(=O)NC(=O)[C@@H](NC)C(C)C)C(C)C.O=C([O-])C(F)(F)F.[Na+]. The summed E-state index contributed by atoms with van der Waals surface area (Å²) in [6.45, 7) is 15.1. The van der Waals surface area contributed by atoms with Crippen molar-refractivity contribution in [2.24, 2.45) is 23.7 Å². The van der Waals surface area contributed by atoms with Gasteiger partial charge in [-0.15, -0.1) is 0 Å². The summed E-state index contributed by atoms with van der Waals surface area (Å²) in [5.41, 5.74) is 2.15. The molecule has 1 fully saturated rings. The Morgan fingerprint density at radius 1 is 0.864 bits per heavy atom. The maximum absolute atomic E-state index is 14.4. The Morgan fingerprint density at radius 2 is 1.42 bits per heavy atom. The number of ether oxygens (including phenoxy) is 3. The molecule has 2 aromatic carbocycles. The first-order chi connectivity index (χ1) is 30.6. The van der Waals surface area contributed by atoms with Crippen molar-refractivity contribution in [1.82, 2.24) is 25.8 Å². The first kappa shape index (κ1) is 60.6. The largest absolute Gasteiger partial charge is 1.00 e. The molecule has 4 amide bonds. The molecule has 1 aliphatic rings. The summed E-state index contributed by atoms with van der Waals surface area (Å²) >= 11 is 0. The van der Waals surface area contributed by atoms with E-state index in [0.29, 0.717) is 32.6 Å². The number of carbonyl (C=O) groups excluding carboxylic acids is 5. The molecule has 14 nitrogen and oxygen atoms in total. The number of nitrogens with zero attached hydrogens (tertiary/aromatic N) is 2. The third-order valence-electron chi connectivity index (χ3n) is 12.1. The van der Waals surface area contributed by atoms with Crippen LogP contribution in [0.1, 0.15) is 85.3 Å². The molecule has 2 aromatic rings. The minimum atomic E-state index is -5.19. The number of carboxylic acid groups (broad SMARTS) is 1. The summed E-state index contributed by atoms with van der Waals surface area (Å²) in [6.07, 6.45) is -3.31. The smallest absolute Gasteiger partial charge is 0.542 e. The number of aliphatic carboxylic acids is 1. The molecule has 18 heteroatoms. The molecule has 0 saturated carbocycles. The zero-order valence-corrected chi connectivity index (χ0v) is 43.0. The van der Waals surface area contributed by atoms with Crippen LogP contribution >= 0.6 is 0 Å². The van der Waals surface area contributed by atoms with Gasteiger partial charge in [0.1, 0.15) is 5.97 Å². The number of halogens is 3. The Hall–Kier alpha value is -3.42. The number of carboxylic acids is 1. The molecule has 1 saturated heterocycles. The number of carbonyl (C=O) groups is 5. The molecule has 0 radical (unpaired) electrons. The molecule has 366 valence electrons. The topological polar surface area (TPSA) is 179 Å². The van der Waals surface area contributed by atoms with E-state index in [1.54, 1.807) is 21.3 Å². The Kier molecular flexibility index (Phi) is 27.7. The molecule has 0 bridgehead atoms. The fourth-order valence-corrected chi connectivity index (χ4v) is 8.65. The summed E-state index contributed by atoms with van der Waals surface area (Å²) in [7, 11) is 6.81. The van der Waals surface area contributed by atoms with E-state index >= 15 is 0 Å². The molecule has 1 aliphatic heterocycles. The molecule has 0 spiro atoms. The maximum Gasteiger partial charge on any atom is 1.00 e. The normalized spacial score (nSPS) is 17.6. The number of alkyl halides is 3. The van der Waals surface area contributed by atoms with Crippen LogP contribution in [0, 0.1) is 23.7 Å². The van der Waals surface area contributed by atoms with Gasteiger partial charge in [0.15, 0.2) is 0 Å². The second-order valence-corrected chi connectivity index (χ2v) is 17.5. The van der Waals surface area contributed by atoms with Gasteiger partial charge in [-0.05, 0) is 62.2 Å². The van der Waals surface area contributed by atoms with E-state index in [1.165, 1.54) is 0 Å². The average Bonchev–Trinajstić information content (AvgIpc) is 3.74. The van der Waals surface area contributed by atoms with Crippen molar-refractivity contribution < 1.29 is 86.0 Å². The number of nitrogens with one attached hydrogen (secondary N) is 3. The Morgan fingerprint density at radius 3 is 1.89 bits per heavy atom. The first-order valence-electron chi connectivity index (χ1n) is 22.5. The number of methoxy groups -OCH3 is 2. The van der Waals surface area contributed by atoms with Crippen LogP contribution in [0.3, 0.4) is 0 Å². The van der Waals surface area contributed by atoms with Gasteiger partial charge in [0.05, 0.1) is 61.9 Å². The number of hydrogen-bond acceptors (Lipinski definition) is 11. The van der Waals surface area contributed by atoms with E-state index in [9.17, 15) is 32.3 Å². The number of imide groups is 1. The molecular weight excluding hydrogens is 871 g/mol. The van der Waals surface area contributed by atoms with Gasteiger partial charge in [-0.2, -0.15) is 13.2 Å². The fraction of sp³-hybridized carbons (Fsp3) is 0.646. The van der Waals surface area contributed by atoms with Crippen LogP contribution in [0.2, 0.25) is 0 Å². The van der Waals surface area contributed by atoms with E-state index in [4.69, 9.17) is 24.1 Å². The predicted octanol–water partition coefficient (Wildman–Crippen LogP) is 1.54. The molecule has 0 aromatic heterocycles. The van der Waals surface area contributed by atoms with Gasteiger partial charge in [0, 0.05) is 26.8 Å². The van der Waals surface area contributed by atoms with Crippen LogP contribution < -0.4 is 50.6 Å². The van der Waals surface area contributed by atoms with Crippen LogP contribution in [0.25, 0.3) is 0 Å². The molecule has 9 atom stereocenters. The molecule has 66 heavy (non-hydrogen) atoms. The van der Waals surface area contributed by atoms with Crippen LogP contribution in [0.5, 0.6) is 0 Å². The predicted molar refractivity (Wildman–Crippen MR) is 240 cm³/mol.